The van der Waals surface area contributed by atoms with Crippen molar-refractivity contribution in [2.24, 2.45) is 0 Å². The molecule has 2 heterocycles. The maximum atomic E-state index is 13.5. The van der Waals surface area contributed by atoms with Crippen LogP contribution in [0.15, 0.2) is 45.5 Å². The summed E-state index contributed by atoms with van der Waals surface area (Å²) in [5.41, 5.74) is 1.25. The Morgan fingerprint density at radius 2 is 2.22 bits per heavy atom. The molecule has 0 amide bonds. The van der Waals surface area contributed by atoms with E-state index in [9.17, 15) is 9.50 Å². The lowest BCUT2D eigenvalue weighted by atomic mass is 10.1. The highest BCUT2D eigenvalue weighted by Gasteiger charge is 2.15. The van der Waals surface area contributed by atoms with Gasteiger partial charge in [0.05, 0.1) is 0 Å². The number of benzene rings is 1. The van der Waals surface area contributed by atoms with Gasteiger partial charge in [0.15, 0.2) is 11.4 Å². The zero-order valence-electron chi connectivity index (χ0n) is 9.47. The van der Waals surface area contributed by atoms with Crippen LogP contribution in [-0.4, -0.2) is 5.11 Å². The Balaban J connectivity index is 1.92. The number of aliphatic hydroxyl groups is 1. The Morgan fingerprint density at radius 1 is 1.33 bits per heavy atom. The third-order valence-corrected chi connectivity index (χ3v) is 3.58. The lowest BCUT2D eigenvalue weighted by Gasteiger charge is -2.05. The van der Waals surface area contributed by atoms with E-state index < -0.39 is 11.9 Å². The molecule has 0 bridgehead atoms. The fourth-order valence-electron chi connectivity index (χ4n) is 1.94. The predicted molar refractivity (Wildman–Crippen MR) is 69.2 cm³/mol. The second-order valence-electron chi connectivity index (χ2n) is 4.16. The van der Waals surface area contributed by atoms with E-state index in [1.807, 2.05) is 16.8 Å². The van der Waals surface area contributed by atoms with Crippen molar-refractivity contribution in [3.63, 3.8) is 0 Å². The van der Waals surface area contributed by atoms with Gasteiger partial charge in [-0.2, -0.15) is 11.3 Å². The molecule has 0 aliphatic rings. The predicted octanol–water partition coefficient (Wildman–Crippen LogP) is 3.91. The van der Waals surface area contributed by atoms with Crippen LogP contribution < -0.4 is 0 Å². The van der Waals surface area contributed by atoms with E-state index in [1.165, 1.54) is 6.07 Å². The van der Waals surface area contributed by atoms with Crippen LogP contribution in [0.25, 0.3) is 11.0 Å². The fraction of sp³-hybridized carbons (Fsp3) is 0.143. The van der Waals surface area contributed by atoms with Crippen molar-refractivity contribution >= 4 is 22.3 Å². The summed E-state index contributed by atoms with van der Waals surface area (Å²) in [5, 5.41) is 14.7. The Morgan fingerprint density at radius 3 is 2.94 bits per heavy atom. The summed E-state index contributed by atoms with van der Waals surface area (Å²) >= 11 is 1.58. The van der Waals surface area contributed by atoms with Gasteiger partial charge in [-0.05, 0) is 34.5 Å². The van der Waals surface area contributed by atoms with Crippen LogP contribution in [-0.2, 0) is 6.42 Å². The first-order chi connectivity index (χ1) is 8.74. The highest BCUT2D eigenvalue weighted by Crippen LogP contribution is 2.28. The standard InChI is InChI=1S/C14H11FO2S/c15-11-3-1-2-10-7-13(17-14(10)11)12(16)6-9-4-5-18-8-9/h1-5,7-8,12,16H,6H2. The molecule has 0 saturated heterocycles. The molecule has 92 valence electrons. The molecule has 0 spiro atoms. The average Bonchev–Trinajstić information content (AvgIpc) is 2.97. The number of thiophene rings is 1. The Hall–Kier alpha value is -1.65. The first kappa shape index (κ1) is 11.4. The maximum Gasteiger partial charge on any atom is 0.170 e. The molecule has 0 aliphatic carbocycles. The first-order valence-electron chi connectivity index (χ1n) is 5.61. The number of hydrogen-bond donors (Lipinski definition) is 1. The van der Waals surface area contributed by atoms with Crippen molar-refractivity contribution in [3.05, 3.63) is 58.2 Å². The molecule has 0 saturated carbocycles. The van der Waals surface area contributed by atoms with Crippen LogP contribution in [0.1, 0.15) is 17.4 Å². The summed E-state index contributed by atoms with van der Waals surface area (Å²) in [5.74, 6) is 0.00258. The minimum absolute atomic E-state index is 0.205. The SMILES string of the molecule is OC(Cc1ccsc1)c1cc2cccc(F)c2o1. The molecule has 0 radical (unpaired) electrons. The van der Waals surface area contributed by atoms with Crippen molar-refractivity contribution in [3.8, 4) is 0 Å². The topological polar surface area (TPSA) is 33.4 Å². The van der Waals surface area contributed by atoms with Gasteiger partial charge in [-0.3, -0.25) is 0 Å². The van der Waals surface area contributed by atoms with Crippen molar-refractivity contribution in [2.45, 2.75) is 12.5 Å². The van der Waals surface area contributed by atoms with Crippen LogP contribution in [0.2, 0.25) is 0 Å². The Bertz CT molecular complexity index is 658. The van der Waals surface area contributed by atoms with E-state index in [2.05, 4.69) is 0 Å². The first-order valence-corrected chi connectivity index (χ1v) is 6.55. The number of aliphatic hydroxyl groups excluding tert-OH is 1. The van der Waals surface area contributed by atoms with Gasteiger partial charge < -0.3 is 9.52 Å². The summed E-state index contributed by atoms with van der Waals surface area (Å²) < 4.78 is 18.9. The molecule has 18 heavy (non-hydrogen) atoms. The summed E-state index contributed by atoms with van der Waals surface area (Å²) in [4.78, 5) is 0. The van der Waals surface area contributed by atoms with Gasteiger partial charge in [-0.1, -0.05) is 12.1 Å². The fourth-order valence-corrected chi connectivity index (χ4v) is 2.63. The van der Waals surface area contributed by atoms with Crippen molar-refractivity contribution in [2.75, 3.05) is 0 Å². The normalized spacial score (nSPS) is 13.0. The molecule has 2 nitrogen and oxygen atoms in total. The summed E-state index contributed by atoms with van der Waals surface area (Å²) in [6.45, 7) is 0. The number of fused-ring (bicyclic) bond motifs is 1. The third kappa shape index (κ3) is 2.05. The van der Waals surface area contributed by atoms with Crippen LogP contribution in [0.3, 0.4) is 0 Å². The molecule has 0 aliphatic heterocycles. The minimum Gasteiger partial charge on any atom is -0.455 e. The number of halogens is 1. The molecule has 1 atom stereocenters. The molecule has 1 N–H and O–H groups in total. The number of furan rings is 1. The van der Waals surface area contributed by atoms with E-state index in [-0.39, 0.29) is 5.58 Å². The molecule has 1 aromatic carbocycles. The average molecular weight is 262 g/mol. The number of rotatable bonds is 3. The molecular weight excluding hydrogens is 251 g/mol. The van der Waals surface area contributed by atoms with Crippen LogP contribution in [0.5, 0.6) is 0 Å². The third-order valence-electron chi connectivity index (χ3n) is 2.85. The smallest absolute Gasteiger partial charge is 0.170 e. The summed E-state index contributed by atoms with van der Waals surface area (Å²) in [7, 11) is 0. The summed E-state index contributed by atoms with van der Waals surface area (Å²) in [6, 6.07) is 8.39. The van der Waals surface area contributed by atoms with Gasteiger partial charge in [0.1, 0.15) is 11.9 Å². The maximum absolute atomic E-state index is 13.5. The molecule has 4 heteroatoms. The van der Waals surface area contributed by atoms with Gasteiger partial charge in [0.2, 0.25) is 0 Å². The van der Waals surface area contributed by atoms with Crippen molar-refractivity contribution in [1.82, 2.24) is 0 Å². The van der Waals surface area contributed by atoms with E-state index in [0.717, 1.165) is 5.56 Å². The molecule has 2 aromatic heterocycles. The number of para-hydroxylation sites is 1. The lowest BCUT2D eigenvalue weighted by Crippen LogP contribution is -1.98. The molecule has 1 unspecified atom stereocenters. The zero-order valence-corrected chi connectivity index (χ0v) is 10.3. The number of hydrogen-bond acceptors (Lipinski definition) is 3. The molecule has 0 fully saturated rings. The molecule has 3 rings (SSSR count). The van der Waals surface area contributed by atoms with Crippen molar-refractivity contribution < 1.29 is 13.9 Å². The van der Waals surface area contributed by atoms with Gasteiger partial charge in [-0.15, -0.1) is 0 Å². The second kappa shape index (κ2) is 4.55. The Labute approximate surface area is 107 Å². The van der Waals surface area contributed by atoms with Crippen LogP contribution >= 0.6 is 11.3 Å². The van der Waals surface area contributed by atoms with Crippen LogP contribution in [0, 0.1) is 5.82 Å². The van der Waals surface area contributed by atoms with Crippen molar-refractivity contribution in [1.29, 1.82) is 0 Å². The van der Waals surface area contributed by atoms with Crippen LogP contribution in [0.4, 0.5) is 4.39 Å². The Kier molecular flexibility index (Phi) is 2.89. The summed E-state index contributed by atoms with van der Waals surface area (Å²) in [6.07, 6.45) is -0.267. The molecule has 3 aromatic rings. The minimum atomic E-state index is -0.744. The van der Waals surface area contributed by atoms with Gasteiger partial charge >= 0.3 is 0 Å². The second-order valence-corrected chi connectivity index (χ2v) is 4.94. The van der Waals surface area contributed by atoms with Gasteiger partial charge in [0.25, 0.3) is 0 Å². The van der Waals surface area contributed by atoms with E-state index in [1.54, 1.807) is 29.5 Å². The van der Waals surface area contributed by atoms with E-state index in [0.29, 0.717) is 17.6 Å². The van der Waals surface area contributed by atoms with Gasteiger partial charge in [0, 0.05) is 11.8 Å². The molecular formula is C14H11FO2S. The monoisotopic (exact) mass is 262 g/mol. The lowest BCUT2D eigenvalue weighted by molar-refractivity contribution is 0.152. The van der Waals surface area contributed by atoms with E-state index in [4.69, 9.17) is 4.42 Å². The zero-order chi connectivity index (χ0) is 12.5. The highest BCUT2D eigenvalue weighted by atomic mass is 32.1. The largest absolute Gasteiger partial charge is 0.455 e. The highest BCUT2D eigenvalue weighted by molar-refractivity contribution is 7.07. The van der Waals surface area contributed by atoms with Gasteiger partial charge in [-0.25, -0.2) is 4.39 Å². The van der Waals surface area contributed by atoms with E-state index >= 15 is 0 Å². The quantitative estimate of drug-likeness (QED) is 0.776.